The molecule has 16 heavy (non-hydrogen) atoms. The van der Waals surface area contributed by atoms with Crippen LogP contribution in [0.2, 0.25) is 0 Å². The van der Waals surface area contributed by atoms with Gasteiger partial charge in [-0.25, -0.2) is 0 Å². The number of rotatable bonds is 5. The van der Waals surface area contributed by atoms with Gasteiger partial charge in [0.25, 0.3) is 0 Å². The fourth-order valence-electron chi connectivity index (χ4n) is 1.18. The van der Waals surface area contributed by atoms with Crippen LogP contribution in [0.4, 0.5) is 0 Å². The summed E-state index contributed by atoms with van der Waals surface area (Å²) in [7, 11) is 0. The van der Waals surface area contributed by atoms with Gasteiger partial charge in [-0.1, -0.05) is 6.92 Å². The van der Waals surface area contributed by atoms with Gasteiger partial charge in [0.2, 0.25) is 5.91 Å². The van der Waals surface area contributed by atoms with Gasteiger partial charge in [0.1, 0.15) is 6.04 Å². The van der Waals surface area contributed by atoms with E-state index in [0.29, 0.717) is 6.42 Å². The van der Waals surface area contributed by atoms with Crippen molar-refractivity contribution in [3.63, 3.8) is 0 Å². The molecule has 1 heterocycles. The largest absolute Gasteiger partial charge is 0.388 e. The van der Waals surface area contributed by atoms with Crippen molar-refractivity contribution < 1.29 is 9.90 Å². The summed E-state index contributed by atoms with van der Waals surface area (Å²) in [5.41, 5.74) is -0.848. The molecule has 0 aliphatic heterocycles. The van der Waals surface area contributed by atoms with Gasteiger partial charge < -0.3 is 10.4 Å². The van der Waals surface area contributed by atoms with E-state index in [-0.39, 0.29) is 18.5 Å². The van der Waals surface area contributed by atoms with Crippen LogP contribution < -0.4 is 5.32 Å². The van der Waals surface area contributed by atoms with Crippen LogP contribution in [-0.4, -0.2) is 32.9 Å². The molecule has 0 aliphatic rings. The van der Waals surface area contributed by atoms with E-state index in [4.69, 9.17) is 0 Å². The van der Waals surface area contributed by atoms with E-state index < -0.39 is 5.60 Å². The third-order valence-electron chi connectivity index (χ3n) is 2.71. The molecule has 0 fully saturated rings. The highest BCUT2D eigenvalue weighted by molar-refractivity contribution is 5.79. The summed E-state index contributed by atoms with van der Waals surface area (Å²) in [5, 5.41) is 16.5. The van der Waals surface area contributed by atoms with Crippen molar-refractivity contribution in [2.24, 2.45) is 0 Å². The lowest BCUT2D eigenvalue weighted by Crippen LogP contribution is -2.42. The molecule has 5 nitrogen and oxygen atoms in total. The van der Waals surface area contributed by atoms with Crippen LogP contribution >= 0.6 is 0 Å². The molecule has 2 N–H and O–H groups in total. The highest BCUT2D eigenvalue weighted by Crippen LogP contribution is 2.08. The molecule has 90 valence electrons. The molecule has 0 radical (unpaired) electrons. The van der Waals surface area contributed by atoms with Crippen LogP contribution in [-0.2, 0) is 4.79 Å². The molecule has 0 spiro atoms. The predicted octanol–water partition coefficient (Wildman–Crippen LogP) is 0.721. The lowest BCUT2D eigenvalue weighted by molar-refractivity contribution is -0.125. The number of hydrogen-bond acceptors (Lipinski definition) is 3. The van der Waals surface area contributed by atoms with Crippen LogP contribution in [0.3, 0.4) is 0 Å². The van der Waals surface area contributed by atoms with E-state index in [1.54, 1.807) is 37.0 Å². The molecule has 0 aliphatic carbocycles. The Labute approximate surface area is 95.5 Å². The number of amides is 1. The number of nitrogens with one attached hydrogen (secondary N) is 1. The maximum atomic E-state index is 11.7. The molecule has 1 aromatic heterocycles. The summed E-state index contributed by atoms with van der Waals surface area (Å²) < 4.78 is 1.58. The summed E-state index contributed by atoms with van der Waals surface area (Å²) in [6.45, 7) is 5.60. The summed E-state index contributed by atoms with van der Waals surface area (Å²) in [5.74, 6) is -0.141. The lowest BCUT2D eigenvalue weighted by atomic mass is 10.0. The number of hydrogen-bond donors (Lipinski definition) is 2. The second-order valence-corrected chi connectivity index (χ2v) is 4.23. The fraction of sp³-hybridized carbons (Fsp3) is 0.636. The zero-order chi connectivity index (χ0) is 12.2. The molecule has 0 saturated heterocycles. The van der Waals surface area contributed by atoms with Gasteiger partial charge in [-0.3, -0.25) is 9.48 Å². The van der Waals surface area contributed by atoms with Crippen molar-refractivity contribution >= 4 is 5.91 Å². The van der Waals surface area contributed by atoms with Crippen LogP contribution in [0.5, 0.6) is 0 Å². The topological polar surface area (TPSA) is 67.2 Å². The van der Waals surface area contributed by atoms with Crippen molar-refractivity contribution in [1.82, 2.24) is 15.1 Å². The molecule has 1 rings (SSSR count). The van der Waals surface area contributed by atoms with Crippen molar-refractivity contribution in [2.45, 2.75) is 38.8 Å². The number of nitrogens with zero attached hydrogens (tertiary/aromatic N) is 2. The first-order valence-electron chi connectivity index (χ1n) is 5.45. The summed E-state index contributed by atoms with van der Waals surface area (Å²) in [6.07, 6.45) is 3.97. The second kappa shape index (κ2) is 5.12. The van der Waals surface area contributed by atoms with E-state index in [1.807, 2.05) is 6.92 Å². The van der Waals surface area contributed by atoms with E-state index in [9.17, 15) is 9.90 Å². The standard InChI is InChI=1S/C11H19N3O2/c1-4-11(3,16)8-12-10(15)9(2)14-7-5-6-13-14/h5-7,9,16H,4,8H2,1-3H3,(H,12,15). The molecular formula is C11H19N3O2. The SMILES string of the molecule is CCC(C)(O)CNC(=O)C(C)n1cccn1. The monoisotopic (exact) mass is 225 g/mol. The third kappa shape index (κ3) is 3.34. The van der Waals surface area contributed by atoms with Crippen LogP contribution in [0.15, 0.2) is 18.5 Å². The average molecular weight is 225 g/mol. The Balaban J connectivity index is 2.47. The molecular weight excluding hydrogens is 206 g/mol. The minimum Gasteiger partial charge on any atom is -0.388 e. The molecule has 2 unspecified atom stereocenters. The normalized spacial score (nSPS) is 16.5. The van der Waals surface area contributed by atoms with Crippen molar-refractivity contribution in [1.29, 1.82) is 0 Å². The fourth-order valence-corrected chi connectivity index (χ4v) is 1.18. The maximum Gasteiger partial charge on any atom is 0.244 e. The zero-order valence-electron chi connectivity index (χ0n) is 9.97. The minimum atomic E-state index is -0.848. The Bertz CT molecular complexity index is 333. The van der Waals surface area contributed by atoms with Crippen LogP contribution in [0.25, 0.3) is 0 Å². The highest BCUT2D eigenvalue weighted by Gasteiger charge is 2.21. The van der Waals surface area contributed by atoms with Crippen molar-refractivity contribution in [3.8, 4) is 0 Å². The van der Waals surface area contributed by atoms with Gasteiger partial charge in [0, 0.05) is 18.9 Å². The summed E-state index contributed by atoms with van der Waals surface area (Å²) >= 11 is 0. The van der Waals surface area contributed by atoms with Crippen molar-refractivity contribution in [2.75, 3.05) is 6.54 Å². The number of aliphatic hydroxyl groups is 1. The van der Waals surface area contributed by atoms with Gasteiger partial charge in [-0.05, 0) is 26.3 Å². The first-order chi connectivity index (χ1) is 7.46. The first-order valence-corrected chi connectivity index (χ1v) is 5.45. The Kier molecular flexibility index (Phi) is 4.06. The zero-order valence-corrected chi connectivity index (χ0v) is 9.97. The molecule has 2 atom stereocenters. The Morgan fingerprint density at radius 1 is 1.69 bits per heavy atom. The van der Waals surface area contributed by atoms with Gasteiger partial charge in [-0.15, -0.1) is 0 Å². The molecule has 0 saturated carbocycles. The smallest absolute Gasteiger partial charge is 0.244 e. The van der Waals surface area contributed by atoms with Gasteiger partial charge in [-0.2, -0.15) is 5.10 Å². The van der Waals surface area contributed by atoms with Crippen LogP contribution in [0.1, 0.15) is 33.2 Å². The molecule has 5 heteroatoms. The van der Waals surface area contributed by atoms with Crippen molar-refractivity contribution in [3.05, 3.63) is 18.5 Å². The molecule has 1 aromatic rings. The highest BCUT2D eigenvalue weighted by atomic mass is 16.3. The molecule has 1 amide bonds. The summed E-state index contributed by atoms with van der Waals surface area (Å²) in [6, 6.07) is 1.41. The van der Waals surface area contributed by atoms with Crippen LogP contribution in [0, 0.1) is 0 Å². The third-order valence-corrected chi connectivity index (χ3v) is 2.71. The molecule has 0 bridgehead atoms. The average Bonchev–Trinajstić information content (AvgIpc) is 2.78. The Hall–Kier alpha value is -1.36. The predicted molar refractivity (Wildman–Crippen MR) is 60.9 cm³/mol. The summed E-state index contributed by atoms with van der Waals surface area (Å²) in [4.78, 5) is 11.7. The van der Waals surface area contributed by atoms with E-state index in [1.165, 1.54) is 0 Å². The quantitative estimate of drug-likeness (QED) is 0.776. The Morgan fingerprint density at radius 3 is 2.88 bits per heavy atom. The minimum absolute atomic E-state index is 0.141. The number of aromatic nitrogens is 2. The second-order valence-electron chi connectivity index (χ2n) is 4.23. The van der Waals surface area contributed by atoms with E-state index in [0.717, 1.165) is 0 Å². The van der Waals surface area contributed by atoms with Gasteiger partial charge >= 0.3 is 0 Å². The first kappa shape index (κ1) is 12.7. The molecule has 0 aromatic carbocycles. The Morgan fingerprint density at radius 2 is 2.38 bits per heavy atom. The number of carbonyl (C=O) groups is 1. The maximum absolute atomic E-state index is 11.7. The van der Waals surface area contributed by atoms with E-state index >= 15 is 0 Å². The van der Waals surface area contributed by atoms with Gasteiger partial charge in [0.05, 0.1) is 5.60 Å². The van der Waals surface area contributed by atoms with E-state index in [2.05, 4.69) is 10.4 Å². The number of carbonyl (C=O) groups excluding carboxylic acids is 1. The van der Waals surface area contributed by atoms with Gasteiger partial charge in [0.15, 0.2) is 0 Å². The lowest BCUT2D eigenvalue weighted by Gasteiger charge is -2.22.